The van der Waals surface area contributed by atoms with E-state index in [0.717, 1.165) is 75.9 Å². The monoisotopic (exact) mass is 804 g/mol. The average molecular weight is 805 g/mol. The van der Waals surface area contributed by atoms with Crippen LogP contribution in [0.1, 0.15) is 86.9 Å². The minimum atomic E-state index is -0.989. The van der Waals surface area contributed by atoms with E-state index in [-0.39, 0.29) is 78.5 Å². The molecule has 0 radical (unpaired) electrons. The maximum atomic E-state index is 14.7. The van der Waals surface area contributed by atoms with Crippen LogP contribution in [-0.2, 0) is 51.6 Å². The van der Waals surface area contributed by atoms with Gasteiger partial charge in [-0.25, -0.2) is 0 Å². The highest BCUT2D eigenvalue weighted by molar-refractivity contribution is 5.95. The van der Waals surface area contributed by atoms with Crippen molar-refractivity contribution >= 4 is 39.5 Å². The Kier molecular flexibility index (Phi) is 8.25. The number of epoxide rings is 1. The molecule has 59 heavy (non-hydrogen) atoms. The summed E-state index contributed by atoms with van der Waals surface area (Å²) in [5, 5.41) is 2.20. The number of para-hydroxylation sites is 1. The molecule has 2 N–H and O–H groups in total. The second kappa shape index (κ2) is 12.9. The molecule has 9 heterocycles. The SMILES string of the molecule is CC[C@H]1C[C@@H]2C[C@@]3(C(=O)OC)c4[nH]c5c([C@H]6C[C@@H]7[C@@]8(C(=O)OC)CO[C@H](N(C)[C@H]8Cc8c6[nH]c6ccccc86)[C@@]76O[C@H]6C)c(OC)ccc5c4CCN([C@@H]2CC(C)=O)[C@@H]13. The van der Waals surface area contributed by atoms with E-state index in [4.69, 9.17) is 23.7 Å². The molecule has 9 aliphatic rings. The molecular weight excluding hydrogens is 749 g/mol. The number of carbonyl (C=O) groups is 3. The van der Waals surface area contributed by atoms with E-state index >= 15 is 0 Å². The Morgan fingerprint density at radius 3 is 2.47 bits per heavy atom. The maximum absolute atomic E-state index is 14.7. The smallest absolute Gasteiger partial charge is 0.319 e. The fraction of sp³-hybridized carbons (Fsp3) is 0.596. The summed E-state index contributed by atoms with van der Waals surface area (Å²) in [6.45, 7) is 7.03. The number of H-pyrrole nitrogens is 2. The highest BCUT2D eigenvalue weighted by Crippen LogP contribution is 2.67. The largest absolute Gasteiger partial charge is 0.496 e. The van der Waals surface area contributed by atoms with Crippen molar-refractivity contribution in [2.45, 2.75) is 113 Å². The van der Waals surface area contributed by atoms with E-state index in [1.54, 1.807) is 14.0 Å². The zero-order chi connectivity index (χ0) is 40.9. The lowest BCUT2D eigenvalue weighted by Gasteiger charge is -2.62. The Bertz CT molecular complexity index is 2440. The third-order valence-electron chi connectivity index (χ3n) is 16.8. The van der Waals surface area contributed by atoms with Crippen LogP contribution < -0.4 is 4.74 Å². The molecule has 7 aliphatic heterocycles. The van der Waals surface area contributed by atoms with Gasteiger partial charge in [0.05, 0.1) is 39.6 Å². The topological polar surface area (TPSA) is 139 Å². The molecule has 2 aromatic carbocycles. The minimum Gasteiger partial charge on any atom is -0.496 e. The first-order valence-electron chi connectivity index (χ1n) is 21.7. The van der Waals surface area contributed by atoms with Gasteiger partial charge in [0.25, 0.3) is 0 Å². The normalized spacial score (nSPS) is 39.0. The summed E-state index contributed by atoms with van der Waals surface area (Å²) in [6, 6.07) is 12.5. The number of likely N-dealkylation sites (N-methyl/N-ethyl adjacent to an activating group) is 1. The molecule has 13 rings (SSSR count). The van der Waals surface area contributed by atoms with Crippen molar-refractivity contribution in [3.05, 3.63) is 64.5 Å². The van der Waals surface area contributed by atoms with Crippen LogP contribution in [0.2, 0.25) is 0 Å². The van der Waals surface area contributed by atoms with Crippen LogP contribution in [-0.4, -0.2) is 115 Å². The Balaban J connectivity index is 1.17. The van der Waals surface area contributed by atoms with Crippen molar-refractivity contribution in [3.63, 3.8) is 0 Å². The molecule has 13 atom stereocenters. The number of ether oxygens (including phenoxy) is 5. The van der Waals surface area contributed by atoms with Gasteiger partial charge in [0.1, 0.15) is 34.2 Å². The Labute approximate surface area is 344 Å². The number of aromatic amines is 2. The van der Waals surface area contributed by atoms with Gasteiger partial charge in [0.2, 0.25) is 0 Å². The lowest BCUT2D eigenvalue weighted by Crippen LogP contribution is -2.77. The van der Waals surface area contributed by atoms with E-state index < -0.39 is 16.4 Å². The lowest BCUT2D eigenvalue weighted by atomic mass is 9.54. The number of aromatic nitrogens is 2. The molecule has 312 valence electrons. The number of ketones is 1. The number of nitrogens with zero attached hydrogens (tertiary/aromatic N) is 2. The van der Waals surface area contributed by atoms with E-state index in [9.17, 15) is 14.4 Å². The molecule has 2 aromatic heterocycles. The van der Waals surface area contributed by atoms with Crippen molar-refractivity contribution in [2.24, 2.45) is 23.2 Å². The lowest BCUT2D eigenvalue weighted by molar-refractivity contribution is -0.284. The summed E-state index contributed by atoms with van der Waals surface area (Å²) >= 11 is 0. The number of methoxy groups -OCH3 is 3. The number of Topliss-reactive ketones (excluding diaryl/α,β-unsaturated/α-hetero) is 1. The van der Waals surface area contributed by atoms with Crippen LogP contribution in [0.4, 0.5) is 0 Å². The summed E-state index contributed by atoms with van der Waals surface area (Å²) in [4.78, 5) is 54.8. The van der Waals surface area contributed by atoms with Gasteiger partial charge >= 0.3 is 11.9 Å². The van der Waals surface area contributed by atoms with Crippen LogP contribution in [0.15, 0.2) is 36.4 Å². The number of fused-ring (bicyclic) bond motifs is 8. The molecule has 1 unspecified atom stereocenters. The second-order valence-electron chi connectivity index (χ2n) is 18.9. The number of esters is 2. The number of carbonyl (C=O) groups excluding carboxylic acids is 3. The molecule has 1 saturated carbocycles. The van der Waals surface area contributed by atoms with E-state index in [1.807, 2.05) is 0 Å². The number of hydrogen-bond donors (Lipinski definition) is 2. The van der Waals surface area contributed by atoms with Crippen LogP contribution >= 0.6 is 0 Å². The molecule has 12 nitrogen and oxygen atoms in total. The molecule has 7 fully saturated rings. The molecule has 12 heteroatoms. The zero-order valence-electron chi connectivity index (χ0n) is 35.2. The number of piperidine rings is 3. The summed E-state index contributed by atoms with van der Waals surface area (Å²) in [5.74, 6) is 0.430. The first-order valence-corrected chi connectivity index (χ1v) is 21.7. The minimum absolute atomic E-state index is 0.101. The fourth-order valence-corrected chi connectivity index (χ4v) is 14.6. The molecule has 0 amide bonds. The van der Waals surface area contributed by atoms with Crippen LogP contribution in [0.5, 0.6) is 5.75 Å². The number of nitrogens with one attached hydrogen (secondary N) is 2. The summed E-state index contributed by atoms with van der Waals surface area (Å²) in [6.07, 6.45) is 4.57. The highest BCUT2D eigenvalue weighted by atomic mass is 16.7. The Morgan fingerprint density at radius 1 is 0.983 bits per heavy atom. The van der Waals surface area contributed by atoms with Crippen LogP contribution in [0.25, 0.3) is 21.8 Å². The van der Waals surface area contributed by atoms with Gasteiger partial charge in [0.15, 0.2) is 0 Å². The van der Waals surface area contributed by atoms with Crippen molar-refractivity contribution in [1.29, 1.82) is 0 Å². The maximum Gasteiger partial charge on any atom is 0.319 e. The third kappa shape index (κ3) is 4.61. The zero-order valence-corrected chi connectivity index (χ0v) is 35.2. The van der Waals surface area contributed by atoms with Gasteiger partial charge in [-0.05, 0) is 94.2 Å². The van der Waals surface area contributed by atoms with Crippen molar-refractivity contribution < 1.29 is 38.1 Å². The van der Waals surface area contributed by atoms with Gasteiger partial charge in [0, 0.05) is 76.2 Å². The van der Waals surface area contributed by atoms with E-state index in [1.165, 1.54) is 19.8 Å². The molecule has 8 bridgehead atoms. The van der Waals surface area contributed by atoms with Crippen molar-refractivity contribution in [3.8, 4) is 5.75 Å². The molecule has 2 aliphatic carbocycles. The summed E-state index contributed by atoms with van der Waals surface area (Å²) in [5.41, 5.74) is 4.75. The van der Waals surface area contributed by atoms with Crippen LogP contribution in [0, 0.1) is 23.2 Å². The molecule has 1 spiro atoms. The second-order valence-corrected chi connectivity index (χ2v) is 18.9. The first kappa shape index (κ1) is 37.7. The Hall–Kier alpha value is -4.23. The predicted octanol–water partition coefficient (Wildman–Crippen LogP) is 5.77. The average Bonchev–Trinajstić information content (AvgIpc) is 3.57. The molecular formula is C47H56N4O8. The predicted molar refractivity (Wildman–Crippen MR) is 219 cm³/mol. The quantitative estimate of drug-likeness (QED) is 0.175. The fourth-order valence-electron chi connectivity index (χ4n) is 14.6. The first-order chi connectivity index (χ1) is 28.5. The van der Waals surface area contributed by atoms with Gasteiger partial charge < -0.3 is 33.7 Å². The summed E-state index contributed by atoms with van der Waals surface area (Å²) < 4.78 is 31.3. The Morgan fingerprint density at radius 2 is 1.76 bits per heavy atom. The number of benzene rings is 2. The van der Waals surface area contributed by atoms with Gasteiger partial charge in [-0.15, -0.1) is 0 Å². The van der Waals surface area contributed by atoms with Crippen LogP contribution in [0.3, 0.4) is 0 Å². The number of hydrogen-bond acceptors (Lipinski definition) is 10. The van der Waals surface area contributed by atoms with Gasteiger partial charge in [-0.1, -0.05) is 31.5 Å². The number of rotatable bonds is 7. The summed E-state index contributed by atoms with van der Waals surface area (Å²) in [7, 11) is 6.82. The van der Waals surface area contributed by atoms with Crippen molar-refractivity contribution in [1.82, 2.24) is 19.8 Å². The van der Waals surface area contributed by atoms with Crippen molar-refractivity contribution in [2.75, 3.05) is 41.5 Å². The van der Waals surface area contributed by atoms with Gasteiger partial charge in [-0.2, -0.15) is 0 Å². The van der Waals surface area contributed by atoms with E-state index in [0.29, 0.717) is 25.7 Å². The van der Waals surface area contributed by atoms with E-state index in [2.05, 4.69) is 77.1 Å². The molecule has 4 aromatic rings. The highest BCUT2D eigenvalue weighted by Gasteiger charge is 2.80. The van der Waals surface area contributed by atoms with Gasteiger partial charge in [-0.3, -0.25) is 24.2 Å². The molecule has 6 saturated heterocycles. The third-order valence-corrected chi connectivity index (χ3v) is 16.8. The standard InChI is InChI=1S/C47H56N4O8/c1-8-25-18-26-21-45(43(53)56-6)40-29(15-16-51(41(25)45)33(26)17-23(2)52)28-13-14-34(55-5)37(39(28)49-40)31-19-35-46(44(54)57-7)22-58-42(47(35)24(3)59-47)50(4)36(46)20-30-27-11-9-10-12-32(27)48-38(30)31/h9-14,24-26,31,33,35-36,41-42,48-49H,8,15-22H2,1-7H3/t24-,25-,26+,31+,33+,35+,36-,41-,42-,45+,46-,47-/m0/s1.